The van der Waals surface area contributed by atoms with Gasteiger partial charge >= 0.3 is 5.97 Å². The van der Waals surface area contributed by atoms with Gasteiger partial charge in [0.2, 0.25) is 0 Å². The molecular formula is C17H15F2N3O5. The van der Waals surface area contributed by atoms with Crippen LogP contribution in [0.15, 0.2) is 36.4 Å². The maximum Gasteiger partial charge on any atom is 0.341 e. The molecule has 2 rings (SSSR count). The third-order valence-electron chi connectivity index (χ3n) is 3.57. The molecule has 0 aliphatic heterocycles. The van der Waals surface area contributed by atoms with Crippen LogP contribution in [-0.4, -0.2) is 30.0 Å². The molecule has 1 amide bonds. The van der Waals surface area contributed by atoms with E-state index >= 15 is 0 Å². The average Bonchev–Trinajstić information content (AvgIpc) is 2.63. The van der Waals surface area contributed by atoms with Crippen molar-refractivity contribution in [2.75, 3.05) is 17.7 Å². The summed E-state index contributed by atoms with van der Waals surface area (Å²) >= 11 is 0. The Morgan fingerprint density at radius 1 is 1.19 bits per heavy atom. The molecule has 0 saturated carbocycles. The van der Waals surface area contributed by atoms with Gasteiger partial charge in [0.25, 0.3) is 11.6 Å². The highest BCUT2D eigenvalue weighted by molar-refractivity contribution is 6.00. The molecule has 8 nitrogen and oxygen atoms in total. The maximum absolute atomic E-state index is 13.6. The lowest BCUT2D eigenvalue weighted by molar-refractivity contribution is -0.384. The smallest absolute Gasteiger partial charge is 0.341 e. The number of nitro benzene ring substituents is 1. The fourth-order valence-corrected chi connectivity index (χ4v) is 2.15. The van der Waals surface area contributed by atoms with Crippen LogP contribution >= 0.6 is 0 Å². The van der Waals surface area contributed by atoms with Gasteiger partial charge in [-0.15, -0.1) is 0 Å². The van der Waals surface area contributed by atoms with E-state index < -0.39 is 40.2 Å². The summed E-state index contributed by atoms with van der Waals surface area (Å²) in [5.74, 6) is -3.96. The summed E-state index contributed by atoms with van der Waals surface area (Å²) in [5.41, 5.74) is -0.926. The topological polar surface area (TPSA) is 111 Å². The lowest BCUT2D eigenvalue weighted by atomic mass is 10.1. The average molecular weight is 379 g/mol. The first-order chi connectivity index (χ1) is 12.7. The molecule has 0 heterocycles. The van der Waals surface area contributed by atoms with Gasteiger partial charge in [0.15, 0.2) is 6.10 Å². The van der Waals surface area contributed by atoms with Gasteiger partial charge in [-0.2, -0.15) is 0 Å². The van der Waals surface area contributed by atoms with E-state index in [1.54, 1.807) is 0 Å². The SMILES string of the molecule is CNc1ccc([N+](=O)[O-])cc1C(=O)O[C@H](C)C(=O)Nc1c(F)cccc1F. The quantitative estimate of drug-likeness (QED) is 0.453. The van der Waals surface area contributed by atoms with Crippen molar-refractivity contribution in [2.45, 2.75) is 13.0 Å². The molecule has 1 atom stereocenters. The third-order valence-corrected chi connectivity index (χ3v) is 3.57. The second kappa shape index (κ2) is 8.21. The predicted molar refractivity (Wildman–Crippen MR) is 92.5 cm³/mol. The van der Waals surface area contributed by atoms with Gasteiger partial charge in [-0.05, 0) is 25.1 Å². The Hall–Kier alpha value is -3.56. The molecule has 27 heavy (non-hydrogen) atoms. The molecular weight excluding hydrogens is 364 g/mol. The summed E-state index contributed by atoms with van der Waals surface area (Å²) in [5, 5.41) is 15.6. The Bertz CT molecular complexity index is 884. The first-order valence-electron chi connectivity index (χ1n) is 7.66. The number of carbonyl (C=O) groups is 2. The number of non-ortho nitro benzene ring substituents is 1. The van der Waals surface area contributed by atoms with Crippen LogP contribution in [-0.2, 0) is 9.53 Å². The van der Waals surface area contributed by atoms with Crippen LogP contribution in [0, 0.1) is 21.7 Å². The van der Waals surface area contributed by atoms with Crippen molar-refractivity contribution < 1.29 is 28.0 Å². The summed E-state index contributed by atoms with van der Waals surface area (Å²) in [6, 6.07) is 6.55. The maximum atomic E-state index is 13.6. The second-order valence-electron chi connectivity index (χ2n) is 5.37. The molecule has 2 aromatic carbocycles. The van der Waals surface area contributed by atoms with Crippen molar-refractivity contribution in [3.63, 3.8) is 0 Å². The summed E-state index contributed by atoms with van der Waals surface area (Å²) in [6.45, 7) is 1.20. The number of rotatable bonds is 6. The minimum atomic E-state index is -1.42. The van der Waals surface area contributed by atoms with Crippen LogP contribution in [0.2, 0.25) is 0 Å². The zero-order valence-corrected chi connectivity index (χ0v) is 14.3. The second-order valence-corrected chi connectivity index (χ2v) is 5.37. The molecule has 2 aromatic rings. The summed E-state index contributed by atoms with van der Waals surface area (Å²) < 4.78 is 32.1. The van der Waals surface area contributed by atoms with Crippen LogP contribution in [0.4, 0.5) is 25.8 Å². The fraction of sp³-hybridized carbons (Fsp3) is 0.176. The summed E-state index contributed by atoms with van der Waals surface area (Å²) in [7, 11) is 1.50. The van der Waals surface area contributed by atoms with Gasteiger partial charge in [-0.1, -0.05) is 6.07 Å². The van der Waals surface area contributed by atoms with Crippen molar-refractivity contribution in [3.05, 3.63) is 63.7 Å². The van der Waals surface area contributed by atoms with E-state index in [9.17, 15) is 28.5 Å². The van der Waals surface area contributed by atoms with E-state index in [0.717, 1.165) is 24.3 Å². The molecule has 0 saturated heterocycles. The number of nitro groups is 1. The lowest BCUT2D eigenvalue weighted by Gasteiger charge is -2.15. The zero-order valence-electron chi connectivity index (χ0n) is 14.3. The lowest BCUT2D eigenvalue weighted by Crippen LogP contribution is -2.30. The molecule has 0 fully saturated rings. The van der Waals surface area contributed by atoms with Gasteiger partial charge in [-0.25, -0.2) is 13.6 Å². The molecule has 0 bridgehead atoms. The third kappa shape index (κ3) is 4.54. The molecule has 0 unspecified atom stereocenters. The number of hydrogen-bond donors (Lipinski definition) is 2. The minimum Gasteiger partial charge on any atom is -0.449 e. The largest absolute Gasteiger partial charge is 0.449 e. The number of halogens is 2. The Kier molecular flexibility index (Phi) is 6.01. The summed E-state index contributed by atoms with van der Waals surface area (Å²) in [6.07, 6.45) is -1.42. The van der Waals surface area contributed by atoms with Crippen LogP contribution in [0.3, 0.4) is 0 Å². The Balaban J connectivity index is 2.16. The Morgan fingerprint density at radius 3 is 2.37 bits per heavy atom. The number of nitrogens with zero attached hydrogens (tertiary/aromatic N) is 1. The number of anilines is 2. The van der Waals surface area contributed by atoms with E-state index in [2.05, 4.69) is 5.32 Å². The molecule has 2 N–H and O–H groups in total. The van der Waals surface area contributed by atoms with Crippen molar-refractivity contribution >= 4 is 28.9 Å². The molecule has 10 heteroatoms. The number of nitrogens with one attached hydrogen (secondary N) is 2. The number of para-hydroxylation sites is 1. The Morgan fingerprint density at radius 2 is 1.81 bits per heavy atom. The normalized spacial score (nSPS) is 11.4. The van der Waals surface area contributed by atoms with Crippen LogP contribution in [0.1, 0.15) is 17.3 Å². The molecule has 0 spiro atoms. The van der Waals surface area contributed by atoms with Crippen molar-refractivity contribution in [1.82, 2.24) is 0 Å². The number of ether oxygens (including phenoxy) is 1. The molecule has 0 aromatic heterocycles. The van der Waals surface area contributed by atoms with Crippen molar-refractivity contribution in [3.8, 4) is 0 Å². The van der Waals surface area contributed by atoms with Gasteiger partial charge in [0, 0.05) is 24.9 Å². The van der Waals surface area contributed by atoms with Gasteiger partial charge in [0.1, 0.15) is 17.3 Å². The number of benzene rings is 2. The van der Waals surface area contributed by atoms with Crippen molar-refractivity contribution in [2.24, 2.45) is 0 Å². The minimum absolute atomic E-state index is 0.163. The summed E-state index contributed by atoms with van der Waals surface area (Å²) in [4.78, 5) is 34.5. The zero-order chi connectivity index (χ0) is 20.1. The monoisotopic (exact) mass is 379 g/mol. The molecule has 0 aliphatic rings. The van der Waals surface area contributed by atoms with Crippen LogP contribution in [0.5, 0.6) is 0 Å². The molecule has 0 aliphatic carbocycles. The number of amides is 1. The van der Waals surface area contributed by atoms with E-state index in [1.165, 1.54) is 26.1 Å². The highest BCUT2D eigenvalue weighted by Gasteiger charge is 2.24. The number of hydrogen-bond acceptors (Lipinski definition) is 6. The highest BCUT2D eigenvalue weighted by Crippen LogP contribution is 2.23. The Labute approximate surface area is 152 Å². The number of esters is 1. The first-order valence-corrected chi connectivity index (χ1v) is 7.66. The fourth-order valence-electron chi connectivity index (χ4n) is 2.15. The van der Waals surface area contributed by atoms with E-state index in [-0.39, 0.29) is 16.9 Å². The predicted octanol–water partition coefficient (Wildman–Crippen LogP) is 3.10. The molecule has 142 valence electrons. The van der Waals surface area contributed by atoms with Gasteiger partial charge in [-0.3, -0.25) is 14.9 Å². The van der Waals surface area contributed by atoms with Crippen LogP contribution < -0.4 is 10.6 Å². The van der Waals surface area contributed by atoms with Gasteiger partial charge in [0.05, 0.1) is 10.5 Å². The van der Waals surface area contributed by atoms with E-state index in [0.29, 0.717) is 0 Å². The van der Waals surface area contributed by atoms with Crippen molar-refractivity contribution in [1.29, 1.82) is 0 Å². The van der Waals surface area contributed by atoms with E-state index in [1.807, 2.05) is 5.32 Å². The standard InChI is InChI=1S/C17H15F2N3O5/c1-9(16(23)21-15-12(18)4-3-5-13(15)19)27-17(24)11-8-10(22(25)26)6-7-14(11)20-2/h3-9,20H,1-2H3,(H,21,23)/t9-/m1/s1. The molecule has 0 radical (unpaired) electrons. The van der Waals surface area contributed by atoms with Crippen LogP contribution in [0.25, 0.3) is 0 Å². The van der Waals surface area contributed by atoms with E-state index in [4.69, 9.17) is 4.74 Å². The number of carbonyl (C=O) groups excluding carboxylic acids is 2. The van der Waals surface area contributed by atoms with Gasteiger partial charge < -0.3 is 15.4 Å². The highest BCUT2D eigenvalue weighted by atomic mass is 19.1. The first kappa shape index (κ1) is 19.8.